The third kappa shape index (κ3) is 3.55. The molecule has 0 aromatic heterocycles. The minimum Gasteiger partial charge on any atom is -0.399 e. The van der Waals surface area contributed by atoms with Gasteiger partial charge in [0.1, 0.15) is 4.90 Å². The molecule has 1 heterocycles. The van der Waals surface area contributed by atoms with E-state index < -0.39 is 10.0 Å². The molecule has 5 nitrogen and oxygen atoms in total. The van der Waals surface area contributed by atoms with Crippen LogP contribution in [0.3, 0.4) is 0 Å². The molecule has 0 aliphatic carbocycles. The molecule has 1 saturated heterocycles. The van der Waals surface area contributed by atoms with E-state index in [1.807, 2.05) is 19.9 Å². The maximum atomic E-state index is 13.1. The molecule has 124 valence electrons. The predicted molar refractivity (Wildman–Crippen MR) is 91.6 cm³/mol. The van der Waals surface area contributed by atoms with Crippen LogP contribution >= 0.6 is 0 Å². The van der Waals surface area contributed by atoms with E-state index in [4.69, 9.17) is 5.73 Å². The fraction of sp³-hybridized carbons (Fsp3) is 0.625. The van der Waals surface area contributed by atoms with Gasteiger partial charge in [-0.3, -0.25) is 0 Å². The van der Waals surface area contributed by atoms with Crippen molar-refractivity contribution in [2.24, 2.45) is 0 Å². The monoisotopic (exact) mass is 325 g/mol. The number of anilines is 2. The number of hydrogen-bond acceptors (Lipinski definition) is 4. The first-order valence-corrected chi connectivity index (χ1v) is 9.59. The zero-order valence-electron chi connectivity index (χ0n) is 13.6. The largest absolute Gasteiger partial charge is 0.399 e. The van der Waals surface area contributed by atoms with E-state index >= 15 is 0 Å². The summed E-state index contributed by atoms with van der Waals surface area (Å²) in [4.78, 5) is 2.41. The molecule has 2 N–H and O–H groups in total. The maximum Gasteiger partial charge on any atom is 0.245 e. The number of sulfonamides is 1. The van der Waals surface area contributed by atoms with Gasteiger partial charge in [-0.05, 0) is 44.9 Å². The normalized spacial score (nSPS) is 17.2. The van der Waals surface area contributed by atoms with Gasteiger partial charge >= 0.3 is 0 Å². The second-order valence-electron chi connectivity index (χ2n) is 5.72. The van der Waals surface area contributed by atoms with E-state index in [0.29, 0.717) is 23.7 Å². The van der Waals surface area contributed by atoms with Gasteiger partial charge in [-0.25, -0.2) is 8.42 Å². The van der Waals surface area contributed by atoms with E-state index in [9.17, 15) is 8.42 Å². The molecule has 0 bridgehead atoms. The summed E-state index contributed by atoms with van der Waals surface area (Å²) in [6.07, 6.45) is 4.07. The highest BCUT2D eigenvalue weighted by Crippen LogP contribution is 2.31. The summed E-state index contributed by atoms with van der Waals surface area (Å²) in [5.41, 5.74) is 7.11. The van der Waals surface area contributed by atoms with Crippen LogP contribution in [0.4, 0.5) is 11.4 Å². The molecule has 1 aromatic rings. The van der Waals surface area contributed by atoms with Crippen molar-refractivity contribution in [3.8, 4) is 0 Å². The minimum absolute atomic E-state index is 0.345. The lowest BCUT2D eigenvalue weighted by atomic mass is 10.2. The first kappa shape index (κ1) is 17.1. The Morgan fingerprint density at radius 2 is 1.68 bits per heavy atom. The molecule has 6 heteroatoms. The van der Waals surface area contributed by atoms with Gasteiger partial charge in [-0.2, -0.15) is 4.31 Å². The molecule has 22 heavy (non-hydrogen) atoms. The number of hydrogen-bond donors (Lipinski definition) is 1. The van der Waals surface area contributed by atoms with Gasteiger partial charge in [0.05, 0.1) is 5.69 Å². The number of benzene rings is 1. The fourth-order valence-corrected chi connectivity index (χ4v) is 4.75. The molecule has 0 spiro atoms. The lowest BCUT2D eigenvalue weighted by Gasteiger charge is -2.27. The number of nitrogens with zero attached hydrogens (tertiary/aromatic N) is 2. The zero-order valence-corrected chi connectivity index (χ0v) is 14.4. The van der Waals surface area contributed by atoms with Gasteiger partial charge in [0.25, 0.3) is 0 Å². The fourth-order valence-electron chi connectivity index (χ4n) is 2.98. The quantitative estimate of drug-likeness (QED) is 0.845. The molecular formula is C16H27N3O2S. The summed E-state index contributed by atoms with van der Waals surface area (Å²) in [7, 11) is -3.49. The molecule has 0 atom stereocenters. The molecule has 1 aliphatic rings. The van der Waals surface area contributed by atoms with Gasteiger partial charge in [-0.1, -0.05) is 12.8 Å². The summed E-state index contributed by atoms with van der Waals surface area (Å²) in [6, 6.07) is 5.20. The number of nitrogens with two attached hydrogens (primary N) is 1. The average molecular weight is 325 g/mol. The number of rotatable bonds is 5. The summed E-state index contributed by atoms with van der Waals surface area (Å²) in [5.74, 6) is 0. The van der Waals surface area contributed by atoms with Gasteiger partial charge in [0.15, 0.2) is 0 Å². The van der Waals surface area contributed by atoms with E-state index in [0.717, 1.165) is 44.5 Å². The maximum absolute atomic E-state index is 13.1. The Morgan fingerprint density at radius 3 is 2.23 bits per heavy atom. The van der Waals surface area contributed by atoms with Crippen LogP contribution in [0.25, 0.3) is 0 Å². The van der Waals surface area contributed by atoms with Crippen LogP contribution in [-0.4, -0.2) is 38.9 Å². The van der Waals surface area contributed by atoms with E-state index in [2.05, 4.69) is 4.90 Å². The highest BCUT2D eigenvalue weighted by atomic mass is 32.2. The van der Waals surface area contributed by atoms with Gasteiger partial charge in [-0.15, -0.1) is 0 Å². The average Bonchev–Trinajstić information content (AvgIpc) is 2.79. The second kappa shape index (κ2) is 7.33. The van der Waals surface area contributed by atoms with Crippen LogP contribution in [0.2, 0.25) is 0 Å². The van der Waals surface area contributed by atoms with Crippen LogP contribution in [0.1, 0.15) is 39.5 Å². The van der Waals surface area contributed by atoms with Crippen molar-refractivity contribution in [1.29, 1.82) is 0 Å². The first-order valence-electron chi connectivity index (χ1n) is 8.15. The Hall–Kier alpha value is -1.27. The number of nitrogen functional groups attached to an aromatic ring is 1. The van der Waals surface area contributed by atoms with Crippen LogP contribution in [0.5, 0.6) is 0 Å². The third-order valence-electron chi connectivity index (χ3n) is 4.27. The van der Waals surface area contributed by atoms with Crippen LogP contribution < -0.4 is 10.6 Å². The third-order valence-corrected chi connectivity index (χ3v) is 6.20. The first-order chi connectivity index (χ1) is 10.5. The zero-order chi connectivity index (χ0) is 16.2. The Kier molecular flexibility index (Phi) is 5.69. The highest BCUT2D eigenvalue weighted by molar-refractivity contribution is 7.89. The Bertz CT molecular complexity index is 589. The molecule has 0 unspecified atom stereocenters. The van der Waals surface area contributed by atoms with Crippen LogP contribution in [0, 0.1) is 0 Å². The Balaban J connectivity index is 2.46. The smallest absolute Gasteiger partial charge is 0.245 e. The minimum atomic E-state index is -3.49. The molecule has 2 rings (SSSR count). The van der Waals surface area contributed by atoms with Crippen molar-refractivity contribution < 1.29 is 8.42 Å². The Morgan fingerprint density at radius 1 is 1.09 bits per heavy atom. The lowest BCUT2D eigenvalue weighted by molar-refractivity contribution is 0.424. The molecule has 1 aliphatic heterocycles. The van der Waals surface area contributed by atoms with E-state index in [-0.39, 0.29) is 0 Å². The summed E-state index contributed by atoms with van der Waals surface area (Å²) in [5, 5.41) is 0. The highest BCUT2D eigenvalue weighted by Gasteiger charge is 2.28. The second-order valence-corrected chi connectivity index (χ2v) is 7.62. The predicted octanol–water partition coefficient (Wildman–Crippen LogP) is 2.68. The summed E-state index contributed by atoms with van der Waals surface area (Å²) >= 11 is 0. The summed E-state index contributed by atoms with van der Waals surface area (Å²) < 4.78 is 27.8. The van der Waals surface area contributed by atoms with Crippen molar-refractivity contribution in [3.05, 3.63) is 18.2 Å². The molecule has 0 saturated carbocycles. The molecular weight excluding hydrogens is 298 g/mol. The molecule has 0 radical (unpaired) electrons. The van der Waals surface area contributed by atoms with Gasteiger partial charge < -0.3 is 10.6 Å². The van der Waals surface area contributed by atoms with E-state index in [1.54, 1.807) is 16.4 Å². The van der Waals surface area contributed by atoms with Gasteiger partial charge in [0, 0.05) is 31.9 Å². The van der Waals surface area contributed by atoms with Crippen LogP contribution in [-0.2, 0) is 10.0 Å². The van der Waals surface area contributed by atoms with Crippen molar-refractivity contribution in [3.63, 3.8) is 0 Å². The van der Waals surface area contributed by atoms with E-state index in [1.165, 1.54) is 0 Å². The van der Waals surface area contributed by atoms with Crippen molar-refractivity contribution in [1.82, 2.24) is 4.31 Å². The lowest BCUT2D eigenvalue weighted by Crippen LogP contribution is -2.34. The summed E-state index contributed by atoms with van der Waals surface area (Å²) in [6.45, 7) is 6.81. The topological polar surface area (TPSA) is 66.6 Å². The van der Waals surface area contributed by atoms with Gasteiger partial charge in [0.2, 0.25) is 10.0 Å². The van der Waals surface area contributed by atoms with Crippen molar-refractivity contribution in [2.75, 3.05) is 36.8 Å². The standard InChI is InChI=1S/C16H27N3O2S/c1-3-18(4-2)15-10-9-14(17)13-16(15)22(20,21)19-11-7-5-6-8-12-19/h9-10,13H,3-8,11-12,17H2,1-2H3. The molecule has 1 aromatic carbocycles. The SMILES string of the molecule is CCN(CC)c1ccc(N)cc1S(=O)(=O)N1CCCCCC1. The molecule has 1 fully saturated rings. The Labute approximate surface area is 134 Å². The van der Waals surface area contributed by atoms with Crippen molar-refractivity contribution in [2.45, 2.75) is 44.4 Å². The van der Waals surface area contributed by atoms with Crippen molar-refractivity contribution >= 4 is 21.4 Å². The molecule has 0 amide bonds. The van der Waals surface area contributed by atoms with Crippen LogP contribution in [0.15, 0.2) is 23.1 Å².